The minimum absolute atomic E-state index is 0.302. The Labute approximate surface area is 95.8 Å². The lowest BCUT2D eigenvalue weighted by atomic mass is 11.0. The van der Waals surface area contributed by atoms with Gasteiger partial charge < -0.3 is 20.2 Å². The van der Waals surface area contributed by atoms with Crippen molar-refractivity contribution in [1.82, 2.24) is 29.7 Å². The Morgan fingerprint density at radius 2 is 1.33 bits per heavy atom. The molecular formula is C4H2N10O4. The van der Waals surface area contributed by atoms with E-state index in [4.69, 9.17) is 0 Å². The second kappa shape index (κ2) is 4.28. The van der Waals surface area contributed by atoms with Gasteiger partial charge in [0.05, 0.1) is 20.3 Å². The van der Waals surface area contributed by atoms with Crippen LogP contribution in [0.5, 0.6) is 0 Å². The van der Waals surface area contributed by atoms with Gasteiger partial charge in [-0.2, -0.15) is 9.97 Å². The molecule has 2 rings (SSSR count). The van der Waals surface area contributed by atoms with Crippen LogP contribution in [0.1, 0.15) is 0 Å². The lowest BCUT2D eigenvalue weighted by Gasteiger charge is -1.84. The highest BCUT2D eigenvalue weighted by molar-refractivity contribution is 5.13. The predicted octanol–water partition coefficient (Wildman–Crippen LogP) is -0.635. The van der Waals surface area contributed by atoms with Crippen LogP contribution in [0.3, 0.4) is 0 Å². The van der Waals surface area contributed by atoms with Crippen molar-refractivity contribution < 1.29 is 10.1 Å². The Hall–Kier alpha value is -3.32. The van der Waals surface area contributed by atoms with Crippen LogP contribution in [0.4, 0.5) is 11.9 Å². The highest BCUT2D eigenvalue weighted by atomic mass is 16.7. The van der Waals surface area contributed by atoms with Gasteiger partial charge in [0.2, 0.25) is 0 Å². The van der Waals surface area contributed by atoms with E-state index in [1.807, 2.05) is 0 Å². The number of hydrogen-bond donors (Lipinski definition) is 0. The van der Waals surface area contributed by atoms with Crippen LogP contribution in [0.15, 0.2) is 22.9 Å². The number of hydrogen-bond acceptors (Lipinski definition) is 10. The van der Waals surface area contributed by atoms with E-state index in [0.717, 1.165) is 12.7 Å². The van der Waals surface area contributed by atoms with Crippen molar-refractivity contribution >= 4 is 11.9 Å². The maximum atomic E-state index is 10.3. The van der Waals surface area contributed by atoms with Crippen molar-refractivity contribution in [2.24, 2.45) is 10.2 Å². The van der Waals surface area contributed by atoms with Crippen LogP contribution in [0, 0.1) is 20.2 Å². The summed E-state index contributed by atoms with van der Waals surface area (Å²) >= 11 is 0. The molecule has 2 aromatic rings. The molecule has 0 radical (unpaired) electrons. The van der Waals surface area contributed by atoms with Gasteiger partial charge in [0, 0.05) is 9.58 Å². The first-order valence-corrected chi connectivity index (χ1v) is 4.10. The Kier molecular flexibility index (Phi) is 2.65. The van der Waals surface area contributed by atoms with E-state index in [9.17, 15) is 20.2 Å². The third-order valence-corrected chi connectivity index (χ3v) is 1.50. The fraction of sp³-hybridized carbons (Fsp3) is 0. The van der Waals surface area contributed by atoms with Gasteiger partial charge in [0.15, 0.2) is 12.7 Å². The molecule has 0 aliphatic rings. The Balaban J connectivity index is 2.13. The van der Waals surface area contributed by atoms with Crippen LogP contribution in [-0.2, 0) is 0 Å². The number of nitro groups is 2. The molecule has 0 fully saturated rings. The molecule has 0 atom stereocenters. The molecule has 0 unspecified atom stereocenters. The van der Waals surface area contributed by atoms with Crippen molar-refractivity contribution in [3.05, 3.63) is 32.9 Å². The smallest absolute Gasteiger partial charge is 0.339 e. The van der Waals surface area contributed by atoms with Crippen molar-refractivity contribution in [3.8, 4) is 0 Å². The van der Waals surface area contributed by atoms with Gasteiger partial charge in [0.1, 0.15) is 0 Å². The van der Waals surface area contributed by atoms with E-state index in [-0.39, 0.29) is 11.9 Å². The lowest BCUT2D eigenvalue weighted by molar-refractivity contribution is -0.553. The Morgan fingerprint density at radius 1 is 0.944 bits per heavy atom. The molecule has 0 spiro atoms. The van der Waals surface area contributed by atoms with Gasteiger partial charge in [-0.15, -0.1) is 0 Å². The molecule has 0 aromatic carbocycles. The molecule has 0 aliphatic heterocycles. The number of azo groups is 1. The number of nitrogens with zero attached hydrogens (tertiary/aromatic N) is 10. The second-order valence-corrected chi connectivity index (χ2v) is 2.61. The Morgan fingerprint density at radius 3 is 1.61 bits per heavy atom. The largest absolute Gasteiger partial charge is 0.410 e. The average molecular weight is 254 g/mol. The first kappa shape index (κ1) is 11.2. The maximum absolute atomic E-state index is 10.3. The van der Waals surface area contributed by atoms with Crippen LogP contribution < -0.4 is 0 Å². The van der Waals surface area contributed by atoms with Crippen LogP contribution >= 0.6 is 0 Å². The third kappa shape index (κ3) is 2.26. The first-order chi connectivity index (χ1) is 8.56. The summed E-state index contributed by atoms with van der Waals surface area (Å²) in [5, 5.41) is 32.2. The Bertz CT molecular complexity index is 571. The standard InChI is InChI=1S/C4H2N10O4/c15-13(16)11-1-5-3(9-11)7-8-4-6-2-12(10-4)14(17)18/h1-2H/b8-7+. The van der Waals surface area contributed by atoms with E-state index < -0.39 is 10.1 Å². The van der Waals surface area contributed by atoms with Crippen molar-refractivity contribution in [3.63, 3.8) is 0 Å². The van der Waals surface area contributed by atoms with Gasteiger partial charge in [0.25, 0.3) is 0 Å². The molecule has 2 aromatic heterocycles. The normalized spacial score (nSPS) is 10.9. The summed E-state index contributed by atoms with van der Waals surface area (Å²) in [5.41, 5.74) is 0. The van der Waals surface area contributed by atoms with E-state index in [1.54, 1.807) is 0 Å². The highest BCUT2D eigenvalue weighted by Gasteiger charge is 2.13. The zero-order valence-electron chi connectivity index (χ0n) is 8.26. The van der Waals surface area contributed by atoms with Crippen LogP contribution in [-0.4, -0.2) is 39.8 Å². The molecule has 92 valence electrons. The van der Waals surface area contributed by atoms with Gasteiger partial charge in [-0.3, -0.25) is 0 Å². The third-order valence-electron chi connectivity index (χ3n) is 1.50. The minimum atomic E-state index is -0.828. The molecular weight excluding hydrogens is 252 g/mol. The molecule has 0 saturated carbocycles. The van der Waals surface area contributed by atoms with E-state index in [2.05, 4.69) is 30.4 Å². The van der Waals surface area contributed by atoms with Gasteiger partial charge in [-0.25, -0.2) is 0 Å². The maximum Gasteiger partial charge on any atom is 0.410 e. The topological polar surface area (TPSA) is 172 Å². The zero-order valence-corrected chi connectivity index (χ0v) is 8.26. The first-order valence-electron chi connectivity index (χ1n) is 4.10. The summed E-state index contributed by atoms with van der Waals surface area (Å²) in [6.07, 6.45) is 1.63. The second-order valence-electron chi connectivity index (χ2n) is 2.61. The van der Waals surface area contributed by atoms with Crippen molar-refractivity contribution in [2.75, 3.05) is 0 Å². The highest BCUT2D eigenvalue weighted by Crippen LogP contribution is 2.08. The molecule has 0 bridgehead atoms. The van der Waals surface area contributed by atoms with Crippen molar-refractivity contribution in [1.29, 1.82) is 0 Å². The summed E-state index contributed by atoms with van der Waals surface area (Å²) in [7, 11) is 0. The molecule has 14 heteroatoms. The van der Waals surface area contributed by atoms with Gasteiger partial charge in [-0.05, 0) is 0 Å². The fourth-order valence-electron chi connectivity index (χ4n) is 0.832. The molecule has 2 heterocycles. The monoisotopic (exact) mass is 254 g/mol. The lowest BCUT2D eigenvalue weighted by Crippen LogP contribution is -2.08. The van der Waals surface area contributed by atoms with Gasteiger partial charge >= 0.3 is 11.9 Å². The summed E-state index contributed by atoms with van der Waals surface area (Å²) in [5.74, 6) is -0.603. The zero-order chi connectivity index (χ0) is 13.1. The molecule has 0 amide bonds. The quantitative estimate of drug-likeness (QED) is 0.393. The van der Waals surface area contributed by atoms with E-state index >= 15 is 0 Å². The van der Waals surface area contributed by atoms with E-state index in [1.165, 1.54) is 0 Å². The number of rotatable bonds is 4. The average Bonchev–Trinajstić information content (AvgIpc) is 2.95. The molecule has 0 aliphatic carbocycles. The minimum Gasteiger partial charge on any atom is -0.339 e. The fourth-order valence-corrected chi connectivity index (χ4v) is 0.832. The molecule has 14 nitrogen and oxygen atoms in total. The molecule has 0 N–H and O–H groups in total. The SMILES string of the molecule is O=[N+]([O-])n1cnc(/N=N/c2ncn([N+](=O)[O-])n2)n1. The summed E-state index contributed by atoms with van der Waals surface area (Å²) in [6, 6.07) is 0. The predicted molar refractivity (Wildman–Crippen MR) is 49.0 cm³/mol. The van der Waals surface area contributed by atoms with Crippen molar-refractivity contribution in [2.45, 2.75) is 0 Å². The summed E-state index contributed by atoms with van der Waals surface area (Å²) < 4.78 is 0. The number of aromatic nitrogens is 6. The van der Waals surface area contributed by atoms with Crippen LogP contribution in [0.25, 0.3) is 0 Å². The van der Waals surface area contributed by atoms with E-state index in [0.29, 0.717) is 9.58 Å². The summed E-state index contributed by atoms with van der Waals surface area (Å²) in [6.45, 7) is 0. The van der Waals surface area contributed by atoms with Crippen LogP contribution in [0.2, 0.25) is 0 Å². The molecule has 18 heavy (non-hydrogen) atoms. The molecule has 0 saturated heterocycles. The summed E-state index contributed by atoms with van der Waals surface area (Å²) in [4.78, 5) is 28.1. The van der Waals surface area contributed by atoms with Gasteiger partial charge in [-0.1, -0.05) is 10.2 Å².